The van der Waals surface area contributed by atoms with Gasteiger partial charge in [-0.25, -0.2) is 4.98 Å². The fraction of sp³-hybridized carbons (Fsp3) is 0.182. The molecule has 0 saturated carbocycles. The van der Waals surface area contributed by atoms with Gasteiger partial charge in [-0.1, -0.05) is 12.1 Å². The molecule has 1 aromatic carbocycles. The number of aromatic nitrogens is 1. The van der Waals surface area contributed by atoms with E-state index < -0.39 is 6.36 Å². The summed E-state index contributed by atoms with van der Waals surface area (Å²) in [6, 6.07) is 5.88. The van der Waals surface area contributed by atoms with Crippen molar-refractivity contribution in [3.63, 3.8) is 0 Å². The summed E-state index contributed by atoms with van der Waals surface area (Å²) in [5.74, 6) is -0.0424. The third kappa shape index (κ3) is 3.14. The molecule has 2 rings (SSSR count). The van der Waals surface area contributed by atoms with E-state index >= 15 is 0 Å². The van der Waals surface area contributed by atoms with Crippen LogP contribution in [0.3, 0.4) is 0 Å². The molecule has 0 aliphatic rings. The van der Waals surface area contributed by atoms with Crippen molar-refractivity contribution in [3.05, 3.63) is 35.3 Å². The van der Waals surface area contributed by atoms with Crippen LogP contribution < -0.4 is 4.74 Å². The summed E-state index contributed by atoms with van der Waals surface area (Å²) < 4.78 is 40.7. The molecule has 96 valence electrons. The Kier molecular flexibility index (Phi) is 3.77. The van der Waals surface area contributed by atoms with Gasteiger partial charge < -0.3 is 4.74 Å². The summed E-state index contributed by atoms with van der Waals surface area (Å²) in [7, 11) is 0. The van der Waals surface area contributed by atoms with Crippen molar-refractivity contribution in [3.8, 4) is 16.3 Å². The quantitative estimate of drug-likeness (QED) is 0.780. The zero-order chi connectivity index (χ0) is 13.2. The molecular formula is C11H7ClF3NOS. The minimum absolute atomic E-state index is 0.221. The zero-order valence-corrected chi connectivity index (χ0v) is 10.4. The third-order valence-electron chi connectivity index (χ3n) is 2.03. The van der Waals surface area contributed by atoms with Crippen LogP contribution in [0.1, 0.15) is 5.69 Å². The maximum Gasteiger partial charge on any atom is 0.573 e. The molecule has 0 aliphatic heterocycles. The fourth-order valence-electron chi connectivity index (χ4n) is 1.35. The van der Waals surface area contributed by atoms with E-state index in [2.05, 4.69) is 9.72 Å². The van der Waals surface area contributed by atoms with Crippen LogP contribution in [-0.2, 0) is 5.88 Å². The Morgan fingerprint density at radius 3 is 2.61 bits per heavy atom. The number of para-hydroxylation sites is 1. The Morgan fingerprint density at radius 1 is 1.28 bits per heavy atom. The first-order valence-corrected chi connectivity index (χ1v) is 6.26. The highest BCUT2D eigenvalue weighted by molar-refractivity contribution is 7.13. The van der Waals surface area contributed by atoms with E-state index in [-0.39, 0.29) is 11.6 Å². The lowest BCUT2D eigenvalue weighted by Crippen LogP contribution is -2.17. The van der Waals surface area contributed by atoms with Gasteiger partial charge in [-0.15, -0.1) is 36.1 Å². The number of rotatable bonds is 3. The Labute approximate surface area is 110 Å². The molecule has 1 aromatic heterocycles. The Bertz CT molecular complexity index is 541. The highest BCUT2D eigenvalue weighted by Gasteiger charge is 2.32. The first-order valence-electron chi connectivity index (χ1n) is 4.85. The minimum atomic E-state index is -4.72. The van der Waals surface area contributed by atoms with Crippen LogP contribution in [0, 0.1) is 0 Å². The van der Waals surface area contributed by atoms with Gasteiger partial charge >= 0.3 is 6.36 Å². The third-order valence-corrected chi connectivity index (χ3v) is 3.23. The minimum Gasteiger partial charge on any atom is -0.405 e. The van der Waals surface area contributed by atoms with Gasteiger partial charge in [0.05, 0.1) is 17.1 Å². The first kappa shape index (κ1) is 13.2. The van der Waals surface area contributed by atoms with Crippen LogP contribution in [0.4, 0.5) is 13.2 Å². The molecule has 2 aromatic rings. The number of nitrogens with zero attached hydrogens (tertiary/aromatic N) is 1. The predicted molar refractivity (Wildman–Crippen MR) is 63.8 cm³/mol. The number of hydrogen-bond acceptors (Lipinski definition) is 3. The smallest absolute Gasteiger partial charge is 0.405 e. The van der Waals surface area contributed by atoms with Gasteiger partial charge in [-0.3, -0.25) is 0 Å². The lowest BCUT2D eigenvalue weighted by atomic mass is 10.2. The van der Waals surface area contributed by atoms with Gasteiger partial charge in [0.15, 0.2) is 0 Å². The summed E-state index contributed by atoms with van der Waals surface area (Å²) in [5, 5.41) is 2.15. The zero-order valence-electron chi connectivity index (χ0n) is 8.87. The fourth-order valence-corrected chi connectivity index (χ4v) is 2.43. The van der Waals surface area contributed by atoms with Gasteiger partial charge in [0.25, 0.3) is 0 Å². The molecule has 0 radical (unpaired) electrons. The van der Waals surface area contributed by atoms with Gasteiger partial charge in [-0.2, -0.15) is 0 Å². The summed E-state index contributed by atoms with van der Waals surface area (Å²) in [4.78, 5) is 4.13. The Hall–Kier alpha value is -1.27. The largest absolute Gasteiger partial charge is 0.573 e. The predicted octanol–water partition coefficient (Wildman–Crippen LogP) is 4.45. The van der Waals surface area contributed by atoms with Gasteiger partial charge in [0.1, 0.15) is 10.8 Å². The summed E-state index contributed by atoms with van der Waals surface area (Å²) in [6.45, 7) is 0. The maximum atomic E-state index is 12.2. The number of benzene rings is 1. The lowest BCUT2D eigenvalue weighted by Gasteiger charge is -2.11. The molecule has 7 heteroatoms. The summed E-state index contributed by atoms with van der Waals surface area (Å²) in [5.41, 5.74) is 0.926. The highest BCUT2D eigenvalue weighted by atomic mass is 35.5. The van der Waals surface area contributed by atoms with E-state index in [0.717, 1.165) is 0 Å². The second-order valence-corrected chi connectivity index (χ2v) is 4.45. The van der Waals surface area contributed by atoms with E-state index in [1.165, 1.54) is 29.5 Å². The van der Waals surface area contributed by atoms with E-state index in [9.17, 15) is 13.2 Å². The van der Waals surface area contributed by atoms with E-state index in [1.807, 2.05) is 0 Å². The molecule has 0 aliphatic carbocycles. The van der Waals surface area contributed by atoms with Crippen molar-refractivity contribution in [2.75, 3.05) is 0 Å². The van der Waals surface area contributed by atoms with E-state index in [0.29, 0.717) is 16.3 Å². The Balaban J connectivity index is 2.38. The van der Waals surface area contributed by atoms with Crippen LogP contribution in [0.2, 0.25) is 0 Å². The van der Waals surface area contributed by atoms with Gasteiger partial charge in [-0.05, 0) is 12.1 Å². The van der Waals surface area contributed by atoms with Crippen LogP contribution in [-0.4, -0.2) is 11.3 Å². The Morgan fingerprint density at radius 2 is 2.00 bits per heavy atom. The first-order chi connectivity index (χ1) is 8.49. The number of halogens is 4. The highest BCUT2D eigenvalue weighted by Crippen LogP contribution is 2.35. The molecule has 2 nitrogen and oxygen atoms in total. The number of alkyl halides is 4. The van der Waals surface area contributed by atoms with Crippen LogP contribution in [0.25, 0.3) is 10.6 Å². The van der Waals surface area contributed by atoms with E-state index in [1.54, 1.807) is 11.4 Å². The summed E-state index contributed by atoms with van der Waals surface area (Å²) in [6.07, 6.45) is -4.72. The number of ether oxygens (including phenoxy) is 1. The van der Waals surface area contributed by atoms with Gasteiger partial charge in [0.2, 0.25) is 0 Å². The average molecular weight is 294 g/mol. The second kappa shape index (κ2) is 5.16. The monoisotopic (exact) mass is 293 g/mol. The molecule has 1 heterocycles. The molecule has 0 fully saturated rings. The molecule has 0 saturated heterocycles. The molecule has 0 amide bonds. The molecule has 0 unspecified atom stereocenters. The maximum absolute atomic E-state index is 12.2. The second-order valence-electron chi connectivity index (χ2n) is 3.32. The van der Waals surface area contributed by atoms with Crippen molar-refractivity contribution in [1.29, 1.82) is 0 Å². The molecule has 0 N–H and O–H groups in total. The molecule has 0 bridgehead atoms. The topological polar surface area (TPSA) is 22.1 Å². The van der Waals surface area contributed by atoms with Crippen LogP contribution in [0.15, 0.2) is 29.6 Å². The number of hydrogen-bond donors (Lipinski definition) is 0. The van der Waals surface area contributed by atoms with Crippen molar-refractivity contribution in [2.45, 2.75) is 12.2 Å². The standard InChI is InChI=1S/C11H7ClF3NOS/c12-5-7-6-18-10(16-7)8-3-1-2-4-9(8)17-11(13,14)15/h1-4,6H,5H2. The van der Waals surface area contributed by atoms with Crippen molar-refractivity contribution in [2.24, 2.45) is 0 Å². The van der Waals surface area contributed by atoms with Crippen LogP contribution >= 0.6 is 22.9 Å². The van der Waals surface area contributed by atoms with E-state index in [4.69, 9.17) is 11.6 Å². The normalized spacial score (nSPS) is 11.6. The molecule has 0 spiro atoms. The molecule has 0 atom stereocenters. The molecular weight excluding hydrogens is 287 g/mol. The lowest BCUT2D eigenvalue weighted by molar-refractivity contribution is -0.274. The van der Waals surface area contributed by atoms with Crippen molar-refractivity contribution >= 4 is 22.9 Å². The van der Waals surface area contributed by atoms with Crippen molar-refractivity contribution in [1.82, 2.24) is 4.98 Å². The van der Waals surface area contributed by atoms with Crippen molar-refractivity contribution < 1.29 is 17.9 Å². The number of thiazole rings is 1. The molecule has 18 heavy (non-hydrogen) atoms. The average Bonchev–Trinajstić information content (AvgIpc) is 2.76. The SMILES string of the molecule is FC(F)(F)Oc1ccccc1-c1nc(CCl)cs1. The van der Waals surface area contributed by atoms with Gasteiger partial charge in [0, 0.05) is 5.38 Å². The summed E-state index contributed by atoms with van der Waals surface area (Å²) >= 11 is 6.83. The van der Waals surface area contributed by atoms with Crippen LogP contribution in [0.5, 0.6) is 5.75 Å².